The normalized spacial score (nSPS) is 20.6. The van der Waals surface area contributed by atoms with Crippen molar-refractivity contribution < 1.29 is 15.1 Å². The van der Waals surface area contributed by atoms with Crippen LogP contribution in [0, 0.1) is 0 Å². The van der Waals surface area contributed by atoms with Crippen molar-refractivity contribution in [3.8, 4) is 0 Å². The Kier molecular flexibility index (Phi) is 3.90. The van der Waals surface area contributed by atoms with Gasteiger partial charge in [-0.25, -0.2) is 0 Å². The lowest BCUT2D eigenvalue weighted by Crippen LogP contribution is -2.39. The van der Waals surface area contributed by atoms with E-state index in [1.54, 1.807) is 24.0 Å². The summed E-state index contributed by atoms with van der Waals surface area (Å²) < 4.78 is 0. The van der Waals surface area contributed by atoms with Crippen molar-refractivity contribution >= 4 is 11.6 Å². The highest BCUT2D eigenvalue weighted by Crippen LogP contribution is 2.42. The van der Waals surface area contributed by atoms with Crippen LogP contribution >= 0.6 is 0 Å². The summed E-state index contributed by atoms with van der Waals surface area (Å²) in [5.41, 5.74) is 2.63. The fourth-order valence-electron chi connectivity index (χ4n) is 2.87. The SMILES string of the molecule is CC(=CC1(O)C(=O)N(Cc2ccccc2)c2ccccc21)NO. The van der Waals surface area contributed by atoms with Crippen molar-refractivity contribution in [3.63, 3.8) is 0 Å². The molecule has 5 nitrogen and oxygen atoms in total. The second-order valence-electron chi connectivity index (χ2n) is 5.60. The molecule has 0 spiro atoms. The average Bonchev–Trinajstić information content (AvgIpc) is 2.78. The van der Waals surface area contributed by atoms with E-state index in [-0.39, 0.29) is 0 Å². The van der Waals surface area contributed by atoms with Gasteiger partial charge in [0.25, 0.3) is 5.91 Å². The van der Waals surface area contributed by atoms with Crippen molar-refractivity contribution in [3.05, 3.63) is 77.5 Å². The standard InChI is InChI=1S/C18H18N2O3/c1-13(19-23)11-18(22)15-9-5-6-10-16(15)20(17(18)21)12-14-7-3-2-4-8-14/h2-11,19,22-23H,12H2,1H3. The summed E-state index contributed by atoms with van der Waals surface area (Å²) in [6, 6.07) is 16.7. The quantitative estimate of drug-likeness (QED) is 0.758. The third-order valence-corrected chi connectivity index (χ3v) is 3.96. The number of rotatable bonds is 4. The first-order valence-electron chi connectivity index (χ1n) is 7.33. The first kappa shape index (κ1) is 15.3. The van der Waals surface area contributed by atoms with E-state index in [2.05, 4.69) is 0 Å². The Morgan fingerprint density at radius 2 is 1.83 bits per heavy atom. The van der Waals surface area contributed by atoms with E-state index in [9.17, 15) is 9.90 Å². The predicted molar refractivity (Wildman–Crippen MR) is 86.7 cm³/mol. The molecule has 2 aromatic carbocycles. The number of aliphatic hydroxyl groups is 1. The van der Waals surface area contributed by atoms with Crippen LogP contribution in [0.1, 0.15) is 18.1 Å². The van der Waals surface area contributed by atoms with Crippen LogP contribution in [0.2, 0.25) is 0 Å². The molecule has 23 heavy (non-hydrogen) atoms. The zero-order chi connectivity index (χ0) is 16.4. The number of benzene rings is 2. The van der Waals surface area contributed by atoms with Crippen LogP contribution in [-0.4, -0.2) is 16.2 Å². The van der Waals surface area contributed by atoms with Crippen molar-refractivity contribution in [1.82, 2.24) is 5.48 Å². The van der Waals surface area contributed by atoms with Gasteiger partial charge in [-0.05, 0) is 24.6 Å². The molecule has 1 aliphatic rings. The molecule has 118 valence electrons. The smallest absolute Gasteiger partial charge is 0.268 e. The number of allylic oxidation sites excluding steroid dienone is 1. The lowest BCUT2D eigenvalue weighted by Gasteiger charge is -2.21. The molecule has 0 aliphatic carbocycles. The van der Waals surface area contributed by atoms with Gasteiger partial charge in [0.2, 0.25) is 0 Å². The predicted octanol–water partition coefficient (Wildman–Crippen LogP) is 2.30. The number of nitrogens with zero attached hydrogens (tertiary/aromatic N) is 1. The highest BCUT2D eigenvalue weighted by Gasteiger charge is 2.48. The van der Waals surface area contributed by atoms with Crippen LogP contribution in [0.25, 0.3) is 0 Å². The molecule has 1 atom stereocenters. The van der Waals surface area contributed by atoms with Crippen LogP contribution in [0.4, 0.5) is 5.69 Å². The van der Waals surface area contributed by atoms with Crippen LogP contribution < -0.4 is 10.4 Å². The number of hydrogen-bond acceptors (Lipinski definition) is 4. The minimum atomic E-state index is -1.79. The zero-order valence-electron chi connectivity index (χ0n) is 12.7. The maximum Gasteiger partial charge on any atom is 0.268 e. The molecule has 0 radical (unpaired) electrons. The highest BCUT2D eigenvalue weighted by atomic mass is 16.5. The Bertz CT molecular complexity index is 758. The monoisotopic (exact) mass is 310 g/mol. The molecule has 1 aliphatic heterocycles. The number of para-hydroxylation sites is 1. The highest BCUT2D eigenvalue weighted by molar-refractivity contribution is 6.08. The third-order valence-electron chi connectivity index (χ3n) is 3.96. The van der Waals surface area contributed by atoms with Crippen molar-refractivity contribution in [2.24, 2.45) is 0 Å². The van der Waals surface area contributed by atoms with Gasteiger partial charge in [-0.2, -0.15) is 0 Å². The van der Waals surface area contributed by atoms with Crippen molar-refractivity contribution in [2.75, 3.05) is 4.90 Å². The molecule has 0 saturated heterocycles. The summed E-state index contributed by atoms with van der Waals surface area (Å²) in [5.74, 6) is -0.433. The molecule has 1 unspecified atom stereocenters. The lowest BCUT2D eigenvalue weighted by molar-refractivity contribution is -0.131. The van der Waals surface area contributed by atoms with Gasteiger partial charge in [0.15, 0.2) is 5.60 Å². The summed E-state index contributed by atoms with van der Waals surface area (Å²) >= 11 is 0. The van der Waals surface area contributed by atoms with Crippen molar-refractivity contribution in [2.45, 2.75) is 19.1 Å². The summed E-state index contributed by atoms with van der Waals surface area (Å²) in [4.78, 5) is 14.4. The second kappa shape index (κ2) is 5.87. The molecule has 1 amide bonds. The molecule has 0 aromatic heterocycles. The number of carbonyl (C=O) groups excluding carboxylic acids is 1. The van der Waals surface area contributed by atoms with E-state index in [0.29, 0.717) is 23.5 Å². The Labute approximate surface area is 134 Å². The molecule has 0 saturated carbocycles. The number of hydrogen-bond donors (Lipinski definition) is 3. The summed E-state index contributed by atoms with van der Waals surface area (Å²) in [5, 5.41) is 19.9. The van der Waals surface area contributed by atoms with Crippen LogP contribution in [-0.2, 0) is 16.9 Å². The number of anilines is 1. The van der Waals surface area contributed by atoms with E-state index in [4.69, 9.17) is 5.21 Å². The number of hydroxylamine groups is 1. The van der Waals surface area contributed by atoms with E-state index in [1.165, 1.54) is 6.08 Å². The van der Waals surface area contributed by atoms with E-state index < -0.39 is 11.5 Å². The fourth-order valence-corrected chi connectivity index (χ4v) is 2.87. The Morgan fingerprint density at radius 3 is 2.52 bits per heavy atom. The largest absolute Gasteiger partial charge is 0.372 e. The first-order chi connectivity index (χ1) is 11.1. The van der Waals surface area contributed by atoms with E-state index >= 15 is 0 Å². The number of carbonyl (C=O) groups is 1. The molecule has 2 aromatic rings. The third kappa shape index (κ3) is 2.60. The molecule has 0 bridgehead atoms. The summed E-state index contributed by atoms with van der Waals surface area (Å²) in [6.45, 7) is 1.95. The molecular formula is C18H18N2O3. The van der Waals surface area contributed by atoms with Crippen molar-refractivity contribution in [1.29, 1.82) is 0 Å². The van der Waals surface area contributed by atoms with E-state index in [1.807, 2.05) is 47.9 Å². The maximum atomic E-state index is 12.9. The summed E-state index contributed by atoms with van der Waals surface area (Å²) in [7, 11) is 0. The topological polar surface area (TPSA) is 72.8 Å². The van der Waals surface area contributed by atoms with Gasteiger partial charge in [0, 0.05) is 11.3 Å². The average molecular weight is 310 g/mol. The molecule has 5 heteroatoms. The minimum absolute atomic E-state index is 0.303. The molecule has 3 rings (SSSR count). The number of fused-ring (bicyclic) bond motifs is 1. The maximum absolute atomic E-state index is 12.9. The number of nitrogens with one attached hydrogen (secondary N) is 1. The van der Waals surface area contributed by atoms with Gasteiger partial charge in [-0.3, -0.25) is 15.5 Å². The van der Waals surface area contributed by atoms with Gasteiger partial charge >= 0.3 is 0 Å². The number of amides is 1. The van der Waals surface area contributed by atoms with Gasteiger partial charge in [-0.1, -0.05) is 48.5 Å². The first-order valence-corrected chi connectivity index (χ1v) is 7.33. The second-order valence-corrected chi connectivity index (χ2v) is 5.60. The molecule has 0 fully saturated rings. The molecular weight excluding hydrogens is 292 g/mol. The molecule has 1 heterocycles. The van der Waals surface area contributed by atoms with E-state index in [0.717, 1.165) is 5.56 Å². The van der Waals surface area contributed by atoms with Gasteiger partial charge in [0.05, 0.1) is 12.2 Å². The van der Waals surface area contributed by atoms with Crippen LogP contribution in [0.3, 0.4) is 0 Å². The lowest BCUT2D eigenvalue weighted by atomic mass is 9.94. The Hall–Kier alpha value is -2.63. The summed E-state index contributed by atoms with van der Waals surface area (Å²) in [6.07, 6.45) is 1.33. The minimum Gasteiger partial charge on any atom is -0.372 e. The Morgan fingerprint density at radius 1 is 1.17 bits per heavy atom. The van der Waals surface area contributed by atoms with Gasteiger partial charge in [-0.15, -0.1) is 0 Å². The Balaban J connectivity index is 2.05. The fraction of sp³-hybridized carbons (Fsp3) is 0.167. The van der Waals surface area contributed by atoms with Crippen LogP contribution in [0.5, 0.6) is 0 Å². The van der Waals surface area contributed by atoms with Gasteiger partial charge < -0.3 is 10.0 Å². The van der Waals surface area contributed by atoms with Gasteiger partial charge in [0.1, 0.15) is 0 Å². The molecule has 3 N–H and O–H groups in total. The zero-order valence-corrected chi connectivity index (χ0v) is 12.7. The van der Waals surface area contributed by atoms with Crippen LogP contribution in [0.15, 0.2) is 66.4 Å².